The summed E-state index contributed by atoms with van der Waals surface area (Å²) >= 11 is 2.19. The van der Waals surface area contributed by atoms with Crippen molar-refractivity contribution < 1.29 is 14.4 Å². The highest BCUT2D eigenvalue weighted by atomic mass is 127. The SMILES string of the molecule is O=P(O)(O)C(c1ccccc1)C(CI)c1ccccc1. The Balaban J connectivity index is 2.48. The average Bonchev–Trinajstić information content (AvgIpc) is 2.45. The number of halogens is 1. The van der Waals surface area contributed by atoms with E-state index in [0.717, 1.165) is 5.56 Å². The Bertz CT molecular complexity index is 583. The van der Waals surface area contributed by atoms with Crippen LogP contribution in [0.4, 0.5) is 0 Å². The maximum absolute atomic E-state index is 12.0. The molecule has 0 bridgehead atoms. The van der Waals surface area contributed by atoms with Crippen molar-refractivity contribution in [1.82, 2.24) is 0 Å². The molecule has 0 amide bonds. The van der Waals surface area contributed by atoms with E-state index < -0.39 is 13.3 Å². The third kappa shape index (κ3) is 3.70. The highest BCUT2D eigenvalue weighted by Gasteiger charge is 2.37. The van der Waals surface area contributed by atoms with E-state index in [2.05, 4.69) is 22.6 Å². The standard InChI is InChI=1S/C15H16IO3P/c16-11-14(12-7-3-1-4-8-12)15(20(17,18)19)13-9-5-2-6-10-13/h1-10,14-15H,11H2,(H2,17,18,19). The number of hydrogen-bond donors (Lipinski definition) is 2. The largest absolute Gasteiger partial charge is 0.333 e. The Hall–Kier alpha value is -0.680. The van der Waals surface area contributed by atoms with Gasteiger partial charge in [0.2, 0.25) is 0 Å². The third-order valence-electron chi connectivity index (χ3n) is 3.28. The van der Waals surface area contributed by atoms with Crippen LogP contribution in [0.2, 0.25) is 0 Å². The van der Waals surface area contributed by atoms with Crippen LogP contribution >= 0.6 is 30.2 Å². The molecule has 2 aromatic rings. The van der Waals surface area contributed by atoms with Crippen molar-refractivity contribution in [3.05, 3.63) is 71.8 Å². The zero-order valence-corrected chi connectivity index (χ0v) is 13.8. The lowest BCUT2D eigenvalue weighted by Crippen LogP contribution is -2.13. The molecule has 0 fully saturated rings. The summed E-state index contributed by atoms with van der Waals surface area (Å²) in [5.74, 6) is -0.208. The zero-order valence-electron chi connectivity index (χ0n) is 10.8. The summed E-state index contributed by atoms with van der Waals surface area (Å²) in [5.41, 5.74) is 0.841. The molecule has 5 heteroatoms. The molecule has 2 rings (SSSR count). The van der Waals surface area contributed by atoms with Crippen molar-refractivity contribution in [3.63, 3.8) is 0 Å². The smallest absolute Gasteiger partial charge is 0.324 e. The Morgan fingerprint density at radius 3 is 1.75 bits per heavy atom. The van der Waals surface area contributed by atoms with Gasteiger partial charge in [0, 0.05) is 10.3 Å². The molecule has 20 heavy (non-hydrogen) atoms. The van der Waals surface area contributed by atoms with Gasteiger partial charge in [-0.15, -0.1) is 0 Å². The quantitative estimate of drug-likeness (QED) is 0.450. The second-order valence-corrected chi connectivity index (χ2v) is 7.23. The lowest BCUT2D eigenvalue weighted by Gasteiger charge is -2.27. The maximum Gasteiger partial charge on any atom is 0.333 e. The molecule has 0 aliphatic carbocycles. The lowest BCUT2D eigenvalue weighted by molar-refractivity contribution is 0.352. The molecule has 2 atom stereocenters. The van der Waals surface area contributed by atoms with Gasteiger partial charge >= 0.3 is 7.60 Å². The second kappa shape index (κ2) is 6.85. The van der Waals surface area contributed by atoms with Crippen LogP contribution in [0.3, 0.4) is 0 Å². The van der Waals surface area contributed by atoms with Crippen LogP contribution in [-0.4, -0.2) is 14.2 Å². The minimum Gasteiger partial charge on any atom is -0.324 e. The zero-order chi connectivity index (χ0) is 14.6. The Kier molecular flexibility index (Phi) is 5.38. The summed E-state index contributed by atoms with van der Waals surface area (Å²) in [6.45, 7) is 0. The minimum atomic E-state index is -4.24. The molecule has 0 aliphatic rings. The van der Waals surface area contributed by atoms with Crippen LogP contribution in [0.5, 0.6) is 0 Å². The van der Waals surface area contributed by atoms with E-state index in [0.29, 0.717) is 9.99 Å². The Labute approximate surface area is 132 Å². The van der Waals surface area contributed by atoms with Crippen LogP contribution in [0.15, 0.2) is 60.7 Å². The molecule has 3 nitrogen and oxygen atoms in total. The first-order valence-electron chi connectivity index (χ1n) is 6.25. The van der Waals surface area contributed by atoms with Crippen LogP contribution in [0.1, 0.15) is 22.7 Å². The van der Waals surface area contributed by atoms with Crippen molar-refractivity contribution in [1.29, 1.82) is 0 Å². The summed E-state index contributed by atoms with van der Waals surface area (Å²) in [5, 5.41) is 0. The fourth-order valence-electron chi connectivity index (χ4n) is 2.37. The van der Waals surface area contributed by atoms with E-state index in [9.17, 15) is 14.4 Å². The molecule has 0 spiro atoms. The molecule has 0 saturated heterocycles. The van der Waals surface area contributed by atoms with Crippen molar-refractivity contribution in [2.24, 2.45) is 0 Å². The van der Waals surface area contributed by atoms with Gasteiger partial charge in [0.25, 0.3) is 0 Å². The number of benzene rings is 2. The third-order valence-corrected chi connectivity index (χ3v) is 5.61. The molecular weight excluding hydrogens is 386 g/mol. The molecule has 0 aromatic heterocycles. The Morgan fingerprint density at radius 1 is 0.900 bits per heavy atom. The normalized spacial score (nSPS) is 14.8. The first-order chi connectivity index (χ1) is 9.54. The van der Waals surface area contributed by atoms with Gasteiger partial charge in [-0.05, 0) is 11.1 Å². The van der Waals surface area contributed by atoms with Crippen molar-refractivity contribution in [3.8, 4) is 0 Å². The summed E-state index contributed by atoms with van der Waals surface area (Å²) in [4.78, 5) is 19.6. The van der Waals surface area contributed by atoms with Gasteiger partial charge in [0.1, 0.15) is 0 Å². The Morgan fingerprint density at radius 2 is 1.35 bits per heavy atom. The predicted molar refractivity (Wildman–Crippen MR) is 89.3 cm³/mol. The van der Waals surface area contributed by atoms with Crippen LogP contribution in [0.25, 0.3) is 0 Å². The van der Waals surface area contributed by atoms with Gasteiger partial charge in [-0.2, -0.15) is 0 Å². The summed E-state index contributed by atoms with van der Waals surface area (Å²) in [6, 6.07) is 18.6. The fourth-order valence-corrected chi connectivity index (χ4v) is 5.09. The van der Waals surface area contributed by atoms with Gasteiger partial charge in [-0.25, -0.2) is 0 Å². The molecule has 0 aliphatic heterocycles. The number of rotatable bonds is 5. The topological polar surface area (TPSA) is 57.5 Å². The van der Waals surface area contributed by atoms with E-state index >= 15 is 0 Å². The predicted octanol–water partition coefficient (Wildman–Crippen LogP) is 4.12. The van der Waals surface area contributed by atoms with Crippen LogP contribution < -0.4 is 0 Å². The molecule has 0 heterocycles. The second-order valence-electron chi connectivity index (χ2n) is 4.62. The van der Waals surface area contributed by atoms with Crippen LogP contribution in [0, 0.1) is 0 Å². The number of alkyl halides is 1. The van der Waals surface area contributed by atoms with E-state index in [-0.39, 0.29) is 5.92 Å². The summed E-state index contributed by atoms with van der Waals surface area (Å²) in [7, 11) is -4.24. The van der Waals surface area contributed by atoms with Gasteiger partial charge in [-0.3, -0.25) is 4.57 Å². The molecule has 106 valence electrons. The highest BCUT2D eigenvalue weighted by molar-refractivity contribution is 14.1. The number of hydrogen-bond acceptors (Lipinski definition) is 1. The van der Waals surface area contributed by atoms with Crippen molar-refractivity contribution >= 4 is 30.2 Å². The molecule has 0 saturated carbocycles. The van der Waals surface area contributed by atoms with Gasteiger partial charge in [0.15, 0.2) is 0 Å². The van der Waals surface area contributed by atoms with E-state index in [1.54, 1.807) is 12.1 Å². The van der Waals surface area contributed by atoms with Gasteiger partial charge in [0.05, 0.1) is 5.66 Å². The summed E-state index contributed by atoms with van der Waals surface area (Å²) < 4.78 is 12.6. The molecular formula is C15H16IO3P. The van der Waals surface area contributed by atoms with Gasteiger partial charge < -0.3 is 9.79 Å². The summed E-state index contributed by atoms with van der Waals surface area (Å²) in [6.07, 6.45) is 0. The fraction of sp³-hybridized carbons (Fsp3) is 0.200. The highest BCUT2D eigenvalue weighted by Crippen LogP contribution is 2.58. The van der Waals surface area contributed by atoms with E-state index in [1.807, 2.05) is 48.5 Å². The minimum absolute atomic E-state index is 0.208. The van der Waals surface area contributed by atoms with E-state index in [1.165, 1.54) is 0 Å². The first kappa shape index (κ1) is 15.7. The van der Waals surface area contributed by atoms with Crippen molar-refractivity contribution in [2.75, 3.05) is 4.43 Å². The maximum atomic E-state index is 12.0. The first-order valence-corrected chi connectivity index (χ1v) is 9.46. The monoisotopic (exact) mass is 402 g/mol. The molecule has 0 radical (unpaired) electrons. The lowest BCUT2D eigenvalue weighted by atomic mass is 9.93. The van der Waals surface area contributed by atoms with Gasteiger partial charge in [-0.1, -0.05) is 83.3 Å². The molecule has 2 aromatic carbocycles. The van der Waals surface area contributed by atoms with Crippen molar-refractivity contribution in [2.45, 2.75) is 11.6 Å². The van der Waals surface area contributed by atoms with E-state index in [4.69, 9.17) is 0 Å². The molecule has 2 unspecified atom stereocenters. The molecule has 2 N–H and O–H groups in total. The average molecular weight is 402 g/mol. The van der Waals surface area contributed by atoms with Crippen LogP contribution in [-0.2, 0) is 4.57 Å².